The van der Waals surface area contributed by atoms with Crippen LogP contribution in [-0.4, -0.2) is 26.3 Å². The zero-order chi connectivity index (χ0) is 13.5. The molecule has 0 amide bonds. The zero-order valence-electron chi connectivity index (χ0n) is 10.8. The summed E-state index contributed by atoms with van der Waals surface area (Å²) in [5.74, 6) is 0. The molecule has 0 atom stereocenters. The van der Waals surface area contributed by atoms with Gasteiger partial charge in [0.2, 0.25) is 0 Å². The lowest BCUT2D eigenvalue weighted by Crippen LogP contribution is -2.35. The van der Waals surface area contributed by atoms with Crippen LogP contribution < -0.4 is 4.90 Å². The Morgan fingerprint density at radius 2 is 2.05 bits per heavy atom. The third-order valence-corrected chi connectivity index (χ3v) is 5.97. The molecule has 3 nitrogen and oxygen atoms in total. The second-order valence-corrected chi connectivity index (χ2v) is 6.74. The van der Waals surface area contributed by atoms with Gasteiger partial charge in [0.15, 0.2) is 0 Å². The van der Waals surface area contributed by atoms with Crippen molar-refractivity contribution in [1.29, 1.82) is 5.26 Å². The molecule has 1 aromatic carbocycles. The number of morpholine rings is 1. The van der Waals surface area contributed by atoms with Gasteiger partial charge in [-0.05, 0) is 18.2 Å². The van der Waals surface area contributed by atoms with E-state index in [0.717, 1.165) is 31.9 Å². The van der Waals surface area contributed by atoms with E-state index in [0.29, 0.717) is 0 Å². The highest BCUT2D eigenvalue weighted by Gasteiger charge is 2.18. The molecule has 20 heavy (non-hydrogen) atoms. The van der Waals surface area contributed by atoms with Gasteiger partial charge in [-0.3, -0.25) is 0 Å². The summed E-state index contributed by atoms with van der Waals surface area (Å²) in [6, 6.07) is 8.20. The summed E-state index contributed by atoms with van der Waals surface area (Å²) in [5.41, 5.74) is 2.06. The third-order valence-electron chi connectivity index (χ3n) is 3.64. The van der Waals surface area contributed by atoms with Gasteiger partial charge >= 0.3 is 0 Å². The summed E-state index contributed by atoms with van der Waals surface area (Å²) in [5, 5.41) is 12.5. The lowest BCUT2D eigenvalue weighted by molar-refractivity contribution is 0.123. The first-order valence-electron chi connectivity index (χ1n) is 6.53. The molecule has 1 saturated heterocycles. The summed E-state index contributed by atoms with van der Waals surface area (Å²) in [4.78, 5) is 2.41. The number of thiophene rings is 2. The Labute approximate surface area is 124 Å². The maximum atomic E-state index is 9.05. The number of nitrogens with zero attached hydrogens (tertiary/aromatic N) is 2. The van der Waals surface area contributed by atoms with Gasteiger partial charge in [0.05, 0.1) is 39.9 Å². The molecular weight excluding hydrogens is 288 g/mol. The molecule has 0 N–H and O–H groups in total. The van der Waals surface area contributed by atoms with Crippen LogP contribution in [0.1, 0.15) is 5.56 Å². The second-order valence-electron chi connectivity index (χ2n) is 4.80. The lowest BCUT2D eigenvalue weighted by Gasteiger charge is -2.27. The topological polar surface area (TPSA) is 36.3 Å². The fourth-order valence-corrected chi connectivity index (χ4v) is 5.16. The van der Waals surface area contributed by atoms with Gasteiger partial charge in [-0.2, -0.15) is 5.26 Å². The molecule has 100 valence electrons. The van der Waals surface area contributed by atoms with Gasteiger partial charge in [-0.1, -0.05) is 0 Å². The van der Waals surface area contributed by atoms with Crippen molar-refractivity contribution in [3.63, 3.8) is 0 Å². The molecule has 3 heterocycles. The summed E-state index contributed by atoms with van der Waals surface area (Å²) in [7, 11) is 0. The van der Waals surface area contributed by atoms with E-state index in [4.69, 9.17) is 10.00 Å². The maximum Gasteiger partial charge on any atom is 0.0991 e. The number of fused-ring (bicyclic) bond motifs is 3. The molecule has 1 aliphatic heterocycles. The second kappa shape index (κ2) is 4.74. The summed E-state index contributed by atoms with van der Waals surface area (Å²) in [6.45, 7) is 3.54. The van der Waals surface area contributed by atoms with Crippen molar-refractivity contribution < 1.29 is 4.74 Å². The molecule has 3 aromatic rings. The predicted octanol–water partition coefficient (Wildman–Crippen LogP) is 3.82. The van der Waals surface area contributed by atoms with E-state index < -0.39 is 0 Å². The number of rotatable bonds is 1. The van der Waals surface area contributed by atoms with Crippen molar-refractivity contribution in [2.75, 3.05) is 31.2 Å². The van der Waals surface area contributed by atoms with E-state index in [2.05, 4.69) is 22.4 Å². The van der Waals surface area contributed by atoms with E-state index in [1.54, 1.807) is 11.3 Å². The van der Waals surface area contributed by atoms with E-state index in [1.165, 1.54) is 25.2 Å². The number of anilines is 1. The largest absolute Gasteiger partial charge is 0.378 e. The van der Waals surface area contributed by atoms with Gasteiger partial charge in [-0.25, -0.2) is 0 Å². The maximum absolute atomic E-state index is 9.05. The van der Waals surface area contributed by atoms with Crippen molar-refractivity contribution in [2.24, 2.45) is 0 Å². The molecule has 5 heteroatoms. The molecule has 4 rings (SSSR count). The highest BCUT2D eigenvalue weighted by atomic mass is 32.1. The van der Waals surface area contributed by atoms with Crippen molar-refractivity contribution in [3.05, 3.63) is 29.1 Å². The zero-order valence-corrected chi connectivity index (χ0v) is 12.4. The summed E-state index contributed by atoms with van der Waals surface area (Å²) >= 11 is 3.61. The van der Waals surface area contributed by atoms with Crippen molar-refractivity contribution >= 4 is 47.8 Å². The molecule has 0 saturated carbocycles. The number of benzene rings is 1. The molecule has 0 bridgehead atoms. The minimum atomic E-state index is 0.735. The first kappa shape index (κ1) is 12.2. The molecule has 0 unspecified atom stereocenters. The first-order valence-corrected chi connectivity index (χ1v) is 8.23. The van der Waals surface area contributed by atoms with Gasteiger partial charge in [-0.15, -0.1) is 22.7 Å². The Balaban J connectivity index is 1.90. The Morgan fingerprint density at radius 1 is 1.20 bits per heavy atom. The van der Waals surface area contributed by atoms with Crippen molar-refractivity contribution in [1.82, 2.24) is 0 Å². The Morgan fingerprint density at radius 3 is 2.85 bits per heavy atom. The van der Waals surface area contributed by atoms with Crippen LogP contribution in [0.2, 0.25) is 0 Å². The van der Waals surface area contributed by atoms with Crippen molar-refractivity contribution in [3.8, 4) is 6.07 Å². The molecule has 2 aromatic heterocycles. The van der Waals surface area contributed by atoms with Gasteiger partial charge in [0, 0.05) is 28.6 Å². The normalized spacial score (nSPS) is 15.8. The van der Waals surface area contributed by atoms with Crippen LogP contribution in [0, 0.1) is 11.3 Å². The van der Waals surface area contributed by atoms with Crippen LogP contribution in [0.15, 0.2) is 23.6 Å². The number of hydrogen-bond donors (Lipinski definition) is 0. The van der Waals surface area contributed by atoms with Gasteiger partial charge in [0.1, 0.15) is 0 Å². The molecular formula is C15H12N2OS2. The minimum Gasteiger partial charge on any atom is -0.378 e. The van der Waals surface area contributed by atoms with Crippen LogP contribution in [0.5, 0.6) is 0 Å². The molecule has 0 aliphatic carbocycles. The van der Waals surface area contributed by atoms with Crippen LogP contribution in [0.4, 0.5) is 5.69 Å². The predicted molar refractivity (Wildman–Crippen MR) is 85.0 cm³/mol. The summed E-state index contributed by atoms with van der Waals surface area (Å²) < 4.78 is 9.35. The quantitative estimate of drug-likeness (QED) is 0.685. The van der Waals surface area contributed by atoms with E-state index in [-0.39, 0.29) is 0 Å². The third kappa shape index (κ3) is 1.80. The fraction of sp³-hybridized carbons (Fsp3) is 0.267. The molecule has 1 aliphatic rings. The monoisotopic (exact) mass is 300 g/mol. The van der Waals surface area contributed by atoms with Gasteiger partial charge in [0.25, 0.3) is 0 Å². The highest BCUT2D eigenvalue weighted by molar-refractivity contribution is 7.33. The van der Waals surface area contributed by atoms with Crippen molar-refractivity contribution in [2.45, 2.75) is 0 Å². The van der Waals surface area contributed by atoms with Crippen LogP contribution in [0.3, 0.4) is 0 Å². The highest BCUT2D eigenvalue weighted by Crippen LogP contribution is 2.44. The lowest BCUT2D eigenvalue weighted by atomic mass is 10.2. The minimum absolute atomic E-state index is 0.735. The Kier molecular flexibility index (Phi) is 2.88. The SMILES string of the molecule is N#Cc1ccc2sc3c(N4CCOCC4)csc3c2c1. The van der Waals surface area contributed by atoms with E-state index in [9.17, 15) is 0 Å². The molecule has 0 spiro atoms. The smallest absolute Gasteiger partial charge is 0.0991 e. The number of ether oxygens (including phenoxy) is 1. The first-order chi connectivity index (χ1) is 9.86. The van der Waals surface area contributed by atoms with E-state index >= 15 is 0 Å². The number of hydrogen-bond acceptors (Lipinski definition) is 5. The fourth-order valence-electron chi connectivity index (χ4n) is 2.62. The van der Waals surface area contributed by atoms with Crippen LogP contribution in [-0.2, 0) is 4.74 Å². The Hall–Kier alpha value is -1.61. The molecule has 0 radical (unpaired) electrons. The van der Waals surface area contributed by atoms with Crippen LogP contribution >= 0.6 is 22.7 Å². The standard InChI is InChI=1S/C15H12N2OS2/c16-8-10-1-2-13-11(7-10)14-15(20-13)12(9-19-14)17-3-5-18-6-4-17/h1-2,7,9H,3-6H2. The average Bonchev–Trinajstić information content (AvgIpc) is 3.06. The van der Waals surface area contributed by atoms with Gasteiger partial charge < -0.3 is 9.64 Å². The Bertz CT molecular complexity index is 821. The van der Waals surface area contributed by atoms with E-state index in [1.807, 2.05) is 23.5 Å². The molecule has 1 fully saturated rings. The average molecular weight is 300 g/mol. The number of nitriles is 1. The van der Waals surface area contributed by atoms with Crippen LogP contribution in [0.25, 0.3) is 19.5 Å². The summed E-state index contributed by atoms with van der Waals surface area (Å²) in [6.07, 6.45) is 0.